The average molecular weight is 311 g/mol. The van der Waals surface area contributed by atoms with Crippen molar-refractivity contribution >= 4 is 23.2 Å². The van der Waals surface area contributed by atoms with Crippen LogP contribution in [0.3, 0.4) is 0 Å². The van der Waals surface area contributed by atoms with E-state index in [0.717, 1.165) is 5.56 Å². The number of hydrogen-bond acceptors (Lipinski definition) is 4. The molecule has 3 heterocycles. The molecule has 1 N–H and O–H groups in total. The summed E-state index contributed by atoms with van der Waals surface area (Å²) in [4.78, 5) is 24.4. The average Bonchev–Trinajstić information content (AvgIpc) is 2.56. The van der Waals surface area contributed by atoms with Gasteiger partial charge in [0.2, 0.25) is 0 Å². The quantitative estimate of drug-likeness (QED) is 0.804. The van der Waals surface area contributed by atoms with Crippen molar-refractivity contribution in [1.82, 2.24) is 15.0 Å². The summed E-state index contributed by atoms with van der Waals surface area (Å²) in [6.07, 6.45) is 6.45. The second kappa shape index (κ2) is 6.32. The van der Waals surface area contributed by atoms with E-state index in [9.17, 15) is 4.79 Å². The number of pyridine rings is 3. The Balaban J connectivity index is 1.80. The lowest BCUT2D eigenvalue weighted by atomic mass is 10.1. The van der Waals surface area contributed by atoms with Crippen LogP contribution in [0.1, 0.15) is 10.5 Å². The predicted molar refractivity (Wildman–Crippen MR) is 84.7 cm³/mol. The van der Waals surface area contributed by atoms with Gasteiger partial charge in [-0.1, -0.05) is 11.6 Å². The van der Waals surface area contributed by atoms with Crippen molar-refractivity contribution in [2.45, 2.75) is 0 Å². The van der Waals surface area contributed by atoms with Crippen molar-refractivity contribution in [1.29, 1.82) is 0 Å². The van der Waals surface area contributed by atoms with E-state index in [1.54, 1.807) is 61.2 Å². The highest BCUT2D eigenvalue weighted by Crippen LogP contribution is 2.24. The van der Waals surface area contributed by atoms with Gasteiger partial charge in [-0.05, 0) is 36.4 Å². The molecule has 0 aliphatic carbocycles. The molecule has 0 saturated heterocycles. The standard InChI is InChI=1S/C16H11ClN4O/c17-13-2-1-7-19-15(13)11-3-4-14(20-10-11)16(22)21-12-5-8-18-9-6-12/h1-10H,(H,18,21,22). The number of halogens is 1. The molecule has 6 heteroatoms. The molecule has 0 aromatic carbocycles. The van der Waals surface area contributed by atoms with Crippen LogP contribution in [0.5, 0.6) is 0 Å². The summed E-state index contributed by atoms with van der Waals surface area (Å²) >= 11 is 6.09. The first kappa shape index (κ1) is 14.2. The molecule has 0 bridgehead atoms. The highest BCUT2D eigenvalue weighted by atomic mass is 35.5. The van der Waals surface area contributed by atoms with Crippen LogP contribution < -0.4 is 5.32 Å². The molecule has 0 atom stereocenters. The fourth-order valence-electron chi connectivity index (χ4n) is 1.90. The Kier molecular flexibility index (Phi) is 4.07. The molecule has 0 fully saturated rings. The molecular weight excluding hydrogens is 300 g/mol. The molecule has 108 valence electrons. The van der Waals surface area contributed by atoms with Crippen LogP contribution in [-0.2, 0) is 0 Å². The molecule has 3 rings (SSSR count). The van der Waals surface area contributed by atoms with Gasteiger partial charge >= 0.3 is 0 Å². The maximum atomic E-state index is 12.1. The van der Waals surface area contributed by atoms with Gasteiger partial charge in [0.1, 0.15) is 5.69 Å². The molecule has 0 radical (unpaired) electrons. The maximum absolute atomic E-state index is 12.1. The van der Waals surface area contributed by atoms with E-state index in [2.05, 4.69) is 20.3 Å². The van der Waals surface area contributed by atoms with Crippen LogP contribution in [0.4, 0.5) is 5.69 Å². The summed E-state index contributed by atoms with van der Waals surface area (Å²) in [6, 6.07) is 10.3. The lowest BCUT2D eigenvalue weighted by molar-refractivity contribution is 0.102. The number of rotatable bonds is 3. The van der Waals surface area contributed by atoms with Gasteiger partial charge < -0.3 is 5.32 Å². The minimum atomic E-state index is -0.287. The first-order chi connectivity index (χ1) is 10.7. The van der Waals surface area contributed by atoms with Crippen molar-refractivity contribution in [3.05, 3.63) is 71.9 Å². The summed E-state index contributed by atoms with van der Waals surface area (Å²) in [5, 5.41) is 3.29. The molecule has 3 aromatic rings. The molecule has 0 aliphatic rings. The summed E-state index contributed by atoms with van der Waals surface area (Å²) in [7, 11) is 0. The van der Waals surface area contributed by atoms with Gasteiger partial charge in [0, 0.05) is 36.0 Å². The SMILES string of the molecule is O=C(Nc1ccncc1)c1ccc(-c2ncccc2Cl)cn1. The zero-order chi connectivity index (χ0) is 15.4. The van der Waals surface area contributed by atoms with Crippen LogP contribution in [0, 0.1) is 0 Å². The predicted octanol–water partition coefficient (Wildman–Crippen LogP) is 3.44. The third kappa shape index (κ3) is 3.10. The minimum absolute atomic E-state index is 0.287. The Bertz CT molecular complexity index is 791. The first-order valence-corrected chi connectivity index (χ1v) is 6.90. The fourth-order valence-corrected chi connectivity index (χ4v) is 2.13. The van der Waals surface area contributed by atoms with E-state index < -0.39 is 0 Å². The third-order valence-corrected chi connectivity index (χ3v) is 3.27. The van der Waals surface area contributed by atoms with E-state index in [1.807, 2.05) is 0 Å². The Morgan fingerprint density at radius 1 is 1.00 bits per heavy atom. The van der Waals surface area contributed by atoms with E-state index in [1.165, 1.54) is 0 Å². The van der Waals surface area contributed by atoms with Gasteiger partial charge in [0.15, 0.2) is 0 Å². The second-order valence-corrected chi connectivity index (χ2v) is 4.86. The van der Waals surface area contributed by atoms with Crippen molar-refractivity contribution in [3.8, 4) is 11.3 Å². The van der Waals surface area contributed by atoms with Crippen LogP contribution in [-0.4, -0.2) is 20.9 Å². The highest BCUT2D eigenvalue weighted by Gasteiger charge is 2.09. The van der Waals surface area contributed by atoms with Crippen molar-refractivity contribution in [2.75, 3.05) is 5.32 Å². The molecule has 22 heavy (non-hydrogen) atoms. The number of carbonyl (C=O) groups excluding carboxylic acids is 1. The number of carbonyl (C=O) groups is 1. The molecule has 1 amide bonds. The summed E-state index contributed by atoms with van der Waals surface area (Å²) in [6.45, 7) is 0. The Morgan fingerprint density at radius 2 is 1.82 bits per heavy atom. The molecular formula is C16H11ClN4O. The molecule has 0 saturated carbocycles. The van der Waals surface area contributed by atoms with Gasteiger partial charge in [0.25, 0.3) is 5.91 Å². The van der Waals surface area contributed by atoms with Crippen LogP contribution in [0.25, 0.3) is 11.3 Å². The van der Waals surface area contributed by atoms with Crippen LogP contribution in [0.15, 0.2) is 61.2 Å². The molecule has 0 spiro atoms. The number of amides is 1. The van der Waals surface area contributed by atoms with Gasteiger partial charge in [-0.25, -0.2) is 0 Å². The molecule has 5 nitrogen and oxygen atoms in total. The maximum Gasteiger partial charge on any atom is 0.274 e. The fraction of sp³-hybridized carbons (Fsp3) is 0. The van der Waals surface area contributed by atoms with E-state index in [4.69, 9.17) is 11.6 Å². The van der Waals surface area contributed by atoms with Gasteiger partial charge in [-0.3, -0.25) is 19.7 Å². The van der Waals surface area contributed by atoms with E-state index >= 15 is 0 Å². The number of nitrogens with zero attached hydrogens (tertiary/aromatic N) is 3. The van der Waals surface area contributed by atoms with Crippen LogP contribution in [0.2, 0.25) is 5.02 Å². The zero-order valence-electron chi connectivity index (χ0n) is 11.4. The van der Waals surface area contributed by atoms with Gasteiger partial charge in [0.05, 0.1) is 10.7 Å². The molecule has 0 aliphatic heterocycles. The number of aromatic nitrogens is 3. The lowest BCUT2D eigenvalue weighted by Crippen LogP contribution is -2.13. The van der Waals surface area contributed by atoms with E-state index in [-0.39, 0.29) is 5.91 Å². The first-order valence-electron chi connectivity index (χ1n) is 6.52. The normalized spacial score (nSPS) is 10.2. The number of anilines is 1. The van der Waals surface area contributed by atoms with Crippen LogP contribution >= 0.6 is 11.6 Å². The van der Waals surface area contributed by atoms with Gasteiger partial charge in [-0.2, -0.15) is 0 Å². The Morgan fingerprint density at radius 3 is 2.50 bits per heavy atom. The monoisotopic (exact) mass is 310 g/mol. The van der Waals surface area contributed by atoms with Crippen molar-refractivity contribution in [3.63, 3.8) is 0 Å². The number of hydrogen-bond donors (Lipinski definition) is 1. The summed E-state index contributed by atoms with van der Waals surface area (Å²) in [5.41, 5.74) is 2.37. The van der Waals surface area contributed by atoms with Crippen molar-refractivity contribution < 1.29 is 4.79 Å². The summed E-state index contributed by atoms with van der Waals surface area (Å²) in [5.74, 6) is -0.287. The molecule has 3 aromatic heterocycles. The Labute approximate surface area is 132 Å². The highest BCUT2D eigenvalue weighted by molar-refractivity contribution is 6.33. The van der Waals surface area contributed by atoms with Crippen molar-refractivity contribution in [2.24, 2.45) is 0 Å². The third-order valence-electron chi connectivity index (χ3n) is 2.97. The largest absolute Gasteiger partial charge is 0.321 e. The summed E-state index contributed by atoms with van der Waals surface area (Å²) < 4.78 is 0. The molecule has 0 unspecified atom stereocenters. The van der Waals surface area contributed by atoms with Gasteiger partial charge in [-0.15, -0.1) is 0 Å². The topological polar surface area (TPSA) is 67.8 Å². The number of nitrogens with one attached hydrogen (secondary N) is 1. The zero-order valence-corrected chi connectivity index (χ0v) is 12.2. The van der Waals surface area contributed by atoms with E-state index in [0.29, 0.717) is 22.1 Å². The minimum Gasteiger partial charge on any atom is -0.321 e. The second-order valence-electron chi connectivity index (χ2n) is 4.46. The smallest absolute Gasteiger partial charge is 0.274 e. The lowest BCUT2D eigenvalue weighted by Gasteiger charge is -2.06. The Hall–Kier alpha value is -2.79.